The molecule has 0 aliphatic carbocycles. The summed E-state index contributed by atoms with van der Waals surface area (Å²) in [5.74, 6) is -2.81. The van der Waals surface area contributed by atoms with Crippen LogP contribution < -0.4 is 10.5 Å². The molecule has 1 atom stereocenters. The molecule has 0 aromatic heterocycles. The quantitative estimate of drug-likeness (QED) is 0.809. The van der Waals surface area contributed by atoms with Crippen LogP contribution in [0.2, 0.25) is 0 Å². The Kier molecular flexibility index (Phi) is 4.03. The van der Waals surface area contributed by atoms with Crippen molar-refractivity contribution < 1.29 is 23.8 Å². The number of nitrogens with two attached hydrogens (primary N) is 1. The van der Waals surface area contributed by atoms with Gasteiger partial charge in [-0.15, -0.1) is 0 Å². The third kappa shape index (κ3) is 3.17. The molecular formula is C11H12FNO4. The molecule has 5 nitrogen and oxygen atoms in total. The maximum absolute atomic E-state index is 12.9. The molecule has 1 unspecified atom stereocenters. The van der Waals surface area contributed by atoms with Crippen molar-refractivity contribution in [2.45, 2.75) is 19.4 Å². The van der Waals surface area contributed by atoms with Gasteiger partial charge in [-0.2, -0.15) is 0 Å². The van der Waals surface area contributed by atoms with E-state index in [0.717, 1.165) is 18.2 Å². The Morgan fingerprint density at radius 2 is 2.18 bits per heavy atom. The summed E-state index contributed by atoms with van der Waals surface area (Å²) in [6, 6.07) is 3.03. The lowest BCUT2D eigenvalue weighted by Crippen LogP contribution is -2.33. The Hall–Kier alpha value is -2.11. The summed E-state index contributed by atoms with van der Waals surface area (Å²) in [7, 11) is 0. The van der Waals surface area contributed by atoms with Gasteiger partial charge in [0.05, 0.1) is 0 Å². The Morgan fingerprint density at radius 3 is 2.65 bits per heavy atom. The number of carboxylic acid groups (broad SMARTS) is 1. The molecule has 6 heteroatoms. The monoisotopic (exact) mass is 241 g/mol. The molecule has 0 aliphatic rings. The molecule has 0 heterocycles. The first kappa shape index (κ1) is 13.0. The second-order valence-electron chi connectivity index (χ2n) is 3.36. The van der Waals surface area contributed by atoms with Crippen LogP contribution in [0.25, 0.3) is 0 Å². The third-order valence-electron chi connectivity index (χ3n) is 2.13. The zero-order valence-corrected chi connectivity index (χ0v) is 9.14. The van der Waals surface area contributed by atoms with Gasteiger partial charge in [0.15, 0.2) is 6.10 Å². The van der Waals surface area contributed by atoms with Gasteiger partial charge in [0.25, 0.3) is 5.91 Å². The Balaban J connectivity index is 3.05. The number of primary amides is 1. The smallest absolute Gasteiger partial charge is 0.339 e. The first-order valence-corrected chi connectivity index (χ1v) is 4.94. The van der Waals surface area contributed by atoms with Crippen LogP contribution in [0, 0.1) is 5.82 Å². The van der Waals surface area contributed by atoms with Crippen LogP contribution in [-0.4, -0.2) is 23.1 Å². The molecular weight excluding hydrogens is 229 g/mol. The topological polar surface area (TPSA) is 89.6 Å². The predicted octanol–water partition coefficient (Wildman–Crippen LogP) is 1.17. The van der Waals surface area contributed by atoms with E-state index in [1.54, 1.807) is 6.92 Å². The molecule has 1 rings (SSSR count). The number of halogens is 1. The van der Waals surface area contributed by atoms with Crippen LogP contribution in [0.5, 0.6) is 5.75 Å². The molecule has 92 valence electrons. The first-order chi connectivity index (χ1) is 7.95. The molecule has 0 saturated heterocycles. The van der Waals surface area contributed by atoms with E-state index in [9.17, 15) is 14.0 Å². The summed E-state index contributed by atoms with van der Waals surface area (Å²) >= 11 is 0. The van der Waals surface area contributed by atoms with Crippen molar-refractivity contribution in [3.05, 3.63) is 29.6 Å². The predicted molar refractivity (Wildman–Crippen MR) is 57.3 cm³/mol. The summed E-state index contributed by atoms with van der Waals surface area (Å²) in [6.45, 7) is 1.67. The van der Waals surface area contributed by atoms with E-state index in [2.05, 4.69) is 0 Å². The number of rotatable bonds is 5. The molecule has 0 saturated carbocycles. The van der Waals surface area contributed by atoms with Gasteiger partial charge in [0.1, 0.15) is 17.1 Å². The number of carboxylic acids is 1. The largest absolute Gasteiger partial charge is 0.480 e. The molecule has 17 heavy (non-hydrogen) atoms. The molecule has 0 aliphatic heterocycles. The van der Waals surface area contributed by atoms with Gasteiger partial charge in [-0.05, 0) is 24.6 Å². The van der Waals surface area contributed by atoms with Crippen molar-refractivity contribution in [1.29, 1.82) is 0 Å². The van der Waals surface area contributed by atoms with Crippen molar-refractivity contribution in [3.63, 3.8) is 0 Å². The fourth-order valence-corrected chi connectivity index (χ4v) is 1.27. The lowest BCUT2D eigenvalue weighted by Gasteiger charge is -2.15. The van der Waals surface area contributed by atoms with E-state index < -0.39 is 23.8 Å². The van der Waals surface area contributed by atoms with E-state index in [4.69, 9.17) is 15.6 Å². The van der Waals surface area contributed by atoms with E-state index in [-0.39, 0.29) is 11.3 Å². The summed E-state index contributed by atoms with van der Waals surface area (Å²) in [5.41, 5.74) is 4.72. The third-order valence-corrected chi connectivity index (χ3v) is 2.13. The van der Waals surface area contributed by atoms with Crippen LogP contribution >= 0.6 is 0 Å². The average Bonchev–Trinajstić information content (AvgIpc) is 2.26. The Labute approximate surface area is 97.0 Å². The minimum absolute atomic E-state index is 0.0791. The zero-order valence-electron chi connectivity index (χ0n) is 9.14. The first-order valence-electron chi connectivity index (χ1n) is 4.94. The molecule has 0 radical (unpaired) electrons. The number of amides is 1. The fourth-order valence-electron chi connectivity index (χ4n) is 1.27. The van der Waals surface area contributed by atoms with Gasteiger partial charge in [-0.3, -0.25) is 4.79 Å². The SMILES string of the molecule is CCC(Oc1ccc(F)cc1C(=O)O)C(N)=O. The van der Waals surface area contributed by atoms with Crippen LogP contribution in [-0.2, 0) is 4.79 Å². The molecule has 0 spiro atoms. The van der Waals surface area contributed by atoms with Crippen LogP contribution in [0.15, 0.2) is 18.2 Å². The summed E-state index contributed by atoms with van der Waals surface area (Å²) < 4.78 is 18.0. The molecule has 0 fully saturated rings. The Bertz CT molecular complexity index is 447. The van der Waals surface area contributed by atoms with Gasteiger partial charge < -0.3 is 15.6 Å². The highest BCUT2D eigenvalue weighted by molar-refractivity contribution is 5.91. The van der Waals surface area contributed by atoms with E-state index in [1.807, 2.05) is 0 Å². The van der Waals surface area contributed by atoms with Crippen molar-refractivity contribution >= 4 is 11.9 Å². The summed E-state index contributed by atoms with van der Waals surface area (Å²) in [4.78, 5) is 21.8. The maximum Gasteiger partial charge on any atom is 0.339 e. The van der Waals surface area contributed by atoms with Gasteiger partial charge in [-0.25, -0.2) is 9.18 Å². The number of benzene rings is 1. The van der Waals surface area contributed by atoms with Crippen molar-refractivity contribution in [2.24, 2.45) is 5.73 Å². The molecule has 1 aromatic rings. The lowest BCUT2D eigenvalue weighted by atomic mass is 10.2. The lowest BCUT2D eigenvalue weighted by molar-refractivity contribution is -0.124. The van der Waals surface area contributed by atoms with E-state index >= 15 is 0 Å². The van der Waals surface area contributed by atoms with Crippen LogP contribution in [0.1, 0.15) is 23.7 Å². The number of carbonyl (C=O) groups is 2. The molecule has 1 aromatic carbocycles. The fraction of sp³-hybridized carbons (Fsp3) is 0.273. The van der Waals surface area contributed by atoms with Crippen LogP contribution in [0.3, 0.4) is 0 Å². The Morgan fingerprint density at radius 1 is 1.53 bits per heavy atom. The second-order valence-corrected chi connectivity index (χ2v) is 3.36. The summed E-state index contributed by atoms with van der Waals surface area (Å²) in [5, 5.41) is 8.85. The number of hydrogen-bond donors (Lipinski definition) is 2. The maximum atomic E-state index is 12.9. The normalized spacial score (nSPS) is 11.9. The van der Waals surface area contributed by atoms with Gasteiger partial charge in [0.2, 0.25) is 0 Å². The highest BCUT2D eigenvalue weighted by Crippen LogP contribution is 2.21. The number of aromatic carboxylic acids is 1. The molecule has 3 N–H and O–H groups in total. The number of hydrogen-bond acceptors (Lipinski definition) is 3. The van der Waals surface area contributed by atoms with Gasteiger partial charge in [-0.1, -0.05) is 6.92 Å². The van der Waals surface area contributed by atoms with Gasteiger partial charge in [0, 0.05) is 0 Å². The standard InChI is InChI=1S/C11H12FNO4/c1-2-8(10(13)14)17-9-4-3-6(12)5-7(9)11(15)16/h3-5,8H,2H2,1H3,(H2,13,14)(H,15,16). The van der Waals surface area contributed by atoms with Crippen LogP contribution in [0.4, 0.5) is 4.39 Å². The molecule has 0 bridgehead atoms. The number of carbonyl (C=O) groups excluding carboxylic acids is 1. The second kappa shape index (κ2) is 5.29. The minimum Gasteiger partial charge on any atom is -0.480 e. The number of ether oxygens (including phenoxy) is 1. The average molecular weight is 241 g/mol. The summed E-state index contributed by atoms with van der Waals surface area (Å²) in [6.07, 6.45) is -0.634. The van der Waals surface area contributed by atoms with Gasteiger partial charge >= 0.3 is 5.97 Å². The van der Waals surface area contributed by atoms with E-state index in [0.29, 0.717) is 6.42 Å². The highest BCUT2D eigenvalue weighted by Gasteiger charge is 2.19. The van der Waals surface area contributed by atoms with Crippen molar-refractivity contribution in [1.82, 2.24) is 0 Å². The van der Waals surface area contributed by atoms with E-state index in [1.165, 1.54) is 0 Å². The molecule has 1 amide bonds. The minimum atomic E-state index is -1.33. The van der Waals surface area contributed by atoms with Crippen molar-refractivity contribution in [3.8, 4) is 5.75 Å². The van der Waals surface area contributed by atoms with Crippen molar-refractivity contribution in [2.75, 3.05) is 0 Å². The zero-order chi connectivity index (χ0) is 13.0. The highest BCUT2D eigenvalue weighted by atomic mass is 19.1.